The van der Waals surface area contributed by atoms with E-state index in [1.807, 2.05) is 0 Å². The number of nitrogens with zero attached hydrogens (tertiary/aromatic N) is 2. The van der Waals surface area contributed by atoms with E-state index in [1.54, 1.807) is 11.1 Å². The molecular weight excluding hydrogens is 797 g/mol. The number of hydrogen-bond acceptors (Lipinski definition) is 0. The van der Waals surface area contributed by atoms with Gasteiger partial charge in [-0.3, -0.25) is 0 Å². The molecule has 0 N–H and O–H groups in total. The molecule has 66 heavy (non-hydrogen) atoms. The first kappa shape index (κ1) is 36.9. The Morgan fingerprint density at radius 1 is 0.333 bits per heavy atom. The lowest BCUT2D eigenvalue weighted by atomic mass is 9.43. The molecule has 2 nitrogen and oxygen atoms in total. The summed E-state index contributed by atoms with van der Waals surface area (Å²) < 4.78 is 5.03. The van der Waals surface area contributed by atoms with Gasteiger partial charge in [-0.1, -0.05) is 152 Å². The molecule has 11 aromatic rings. The fourth-order valence-corrected chi connectivity index (χ4v) is 14.5. The molecular formula is C64H48N2. The summed E-state index contributed by atoms with van der Waals surface area (Å²) in [5.74, 6) is 3.34. The van der Waals surface area contributed by atoms with Gasteiger partial charge < -0.3 is 9.13 Å². The van der Waals surface area contributed by atoms with Gasteiger partial charge in [0.1, 0.15) is 0 Å². The van der Waals surface area contributed by atoms with Gasteiger partial charge in [-0.2, -0.15) is 0 Å². The molecule has 0 saturated heterocycles. The number of aromatic nitrogens is 2. The molecule has 2 heterocycles. The third-order valence-corrected chi connectivity index (χ3v) is 16.9. The van der Waals surface area contributed by atoms with Crippen molar-refractivity contribution < 1.29 is 0 Å². The van der Waals surface area contributed by atoms with E-state index in [2.05, 4.69) is 215 Å². The van der Waals surface area contributed by atoms with Gasteiger partial charge >= 0.3 is 0 Å². The van der Waals surface area contributed by atoms with Crippen LogP contribution in [0, 0.1) is 23.7 Å². The van der Waals surface area contributed by atoms with Crippen LogP contribution in [-0.4, -0.2) is 9.13 Å². The average molecular weight is 845 g/mol. The molecule has 4 saturated carbocycles. The summed E-state index contributed by atoms with van der Waals surface area (Å²) in [5.41, 5.74) is 21.1. The maximum Gasteiger partial charge on any atom is 0.0543 e. The van der Waals surface area contributed by atoms with E-state index < -0.39 is 0 Å². The van der Waals surface area contributed by atoms with Gasteiger partial charge in [0.05, 0.1) is 27.8 Å². The Bertz CT molecular complexity index is 3720. The number of rotatable bonds is 5. The standard InChI is InChI=1S/C64H48N2/c1-2-11-42(12-3-1)43-21-23-44(24-22-43)45-25-29-50(30-26-45)65-58-18-8-5-13-51(58)54-38-46(27-31-60(54)65)47-28-32-61-55(39-47)52-14-6-9-19-59(52)66(61)62-20-10-17-57-63(62)53-15-4-7-16-56(53)64(57)48-34-40-33-41(36-48)37-49(64)35-40/h1-32,38-41,48-49H,33-37H2. The van der Waals surface area contributed by atoms with Crippen LogP contribution in [-0.2, 0) is 5.41 Å². The van der Waals surface area contributed by atoms with Crippen LogP contribution in [0.4, 0.5) is 0 Å². The van der Waals surface area contributed by atoms with Crippen LogP contribution in [0.3, 0.4) is 0 Å². The molecule has 4 bridgehead atoms. The Labute approximate surface area is 385 Å². The second-order valence-electron chi connectivity index (χ2n) is 20.1. The number of benzene rings is 9. The van der Waals surface area contributed by atoms with Crippen molar-refractivity contribution in [1.29, 1.82) is 0 Å². The Kier molecular flexibility index (Phi) is 7.71. The smallest absolute Gasteiger partial charge is 0.0543 e. The van der Waals surface area contributed by atoms with Crippen molar-refractivity contribution in [3.63, 3.8) is 0 Å². The molecule has 0 atom stereocenters. The molecule has 314 valence electrons. The minimum Gasteiger partial charge on any atom is -0.309 e. The lowest BCUT2D eigenvalue weighted by molar-refractivity contribution is -0.0399. The van der Waals surface area contributed by atoms with Crippen LogP contribution in [0.5, 0.6) is 0 Å². The molecule has 0 amide bonds. The van der Waals surface area contributed by atoms with Crippen molar-refractivity contribution in [2.24, 2.45) is 23.7 Å². The highest BCUT2D eigenvalue weighted by molar-refractivity contribution is 6.13. The summed E-state index contributed by atoms with van der Waals surface area (Å²) in [6.07, 6.45) is 7.06. The SMILES string of the molecule is c1ccc(-c2ccc(-c3ccc(-n4c5ccccc5c5cc(-c6ccc7c(c6)c6ccccc6n7-c6cccc7c6-c6ccccc6C76C7CC8CC(C7)CC6C8)ccc54)cc3)cc2)cc1. The van der Waals surface area contributed by atoms with Gasteiger partial charge in [0.2, 0.25) is 0 Å². The molecule has 5 aliphatic rings. The van der Waals surface area contributed by atoms with Crippen molar-refractivity contribution in [2.45, 2.75) is 37.5 Å². The second-order valence-corrected chi connectivity index (χ2v) is 20.1. The van der Waals surface area contributed by atoms with Crippen molar-refractivity contribution in [3.8, 4) is 55.9 Å². The first-order valence-corrected chi connectivity index (χ1v) is 24.3. The molecule has 2 heteroatoms. The van der Waals surface area contributed by atoms with Gasteiger partial charge in [0.15, 0.2) is 0 Å². The zero-order valence-corrected chi connectivity index (χ0v) is 36.9. The quantitative estimate of drug-likeness (QED) is 0.163. The van der Waals surface area contributed by atoms with Crippen LogP contribution in [0.25, 0.3) is 99.5 Å². The zero-order valence-electron chi connectivity index (χ0n) is 36.9. The van der Waals surface area contributed by atoms with Crippen molar-refractivity contribution in [3.05, 3.63) is 217 Å². The van der Waals surface area contributed by atoms with Crippen LogP contribution in [0.15, 0.2) is 206 Å². The van der Waals surface area contributed by atoms with E-state index in [0.717, 1.165) is 29.4 Å². The molecule has 4 fully saturated rings. The maximum absolute atomic E-state index is 2.60. The Hall–Kier alpha value is -7.42. The summed E-state index contributed by atoms with van der Waals surface area (Å²) in [6.45, 7) is 0. The predicted octanol–water partition coefficient (Wildman–Crippen LogP) is 16.6. The zero-order chi connectivity index (χ0) is 43.1. The number of fused-ring (bicyclic) bond motifs is 9. The van der Waals surface area contributed by atoms with Crippen molar-refractivity contribution in [2.75, 3.05) is 0 Å². The molecule has 16 rings (SSSR count). The van der Waals surface area contributed by atoms with Crippen LogP contribution >= 0.6 is 0 Å². The molecule has 5 aliphatic carbocycles. The van der Waals surface area contributed by atoms with E-state index in [4.69, 9.17) is 0 Å². The van der Waals surface area contributed by atoms with E-state index in [-0.39, 0.29) is 5.41 Å². The number of para-hydroxylation sites is 2. The average Bonchev–Trinajstić information content (AvgIpc) is 4.00. The summed E-state index contributed by atoms with van der Waals surface area (Å²) in [7, 11) is 0. The van der Waals surface area contributed by atoms with E-state index in [1.165, 1.54) is 126 Å². The third kappa shape index (κ3) is 5.08. The Morgan fingerprint density at radius 2 is 0.803 bits per heavy atom. The minimum atomic E-state index is 0.141. The number of hydrogen-bond donors (Lipinski definition) is 0. The fraction of sp³-hybridized carbons (Fsp3) is 0.156. The van der Waals surface area contributed by atoms with Gasteiger partial charge in [-0.15, -0.1) is 0 Å². The third-order valence-electron chi connectivity index (χ3n) is 16.9. The first-order valence-electron chi connectivity index (χ1n) is 24.3. The van der Waals surface area contributed by atoms with Crippen LogP contribution in [0.2, 0.25) is 0 Å². The van der Waals surface area contributed by atoms with Gasteiger partial charge in [-0.25, -0.2) is 0 Å². The molecule has 2 aromatic heterocycles. The summed E-state index contributed by atoms with van der Waals surface area (Å²) in [6, 6.07) is 77.7. The highest BCUT2D eigenvalue weighted by Gasteiger charge is 2.61. The highest BCUT2D eigenvalue weighted by Crippen LogP contribution is 2.70. The fourth-order valence-electron chi connectivity index (χ4n) is 14.5. The lowest BCUT2D eigenvalue weighted by Crippen LogP contribution is -2.55. The highest BCUT2D eigenvalue weighted by atomic mass is 15.0. The summed E-state index contributed by atoms with van der Waals surface area (Å²) >= 11 is 0. The summed E-state index contributed by atoms with van der Waals surface area (Å²) in [5, 5.41) is 5.13. The Morgan fingerprint density at radius 3 is 1.44 bits per heavy atom. The minimum absolute atomic E-state index is 0.141. The van der Waals surface area contributed by atoms with E-state index >= 15 is 0 Å². The van der Waals surface area contributed by atoms with Crippen LogP contribution in [0.1, 0.15) is 43.2 Å². The second kappa shape index (κ2) is 13.8. The predicted molar refractivity (Wildman–Crippen MR) is 275 cm³/mol. The molecule has 0 aliphatic heterocycles. The Balaban J connectivity index is 0.834. The maximum atomic E-state index is 2.60. The molecule has 0 unspecified atom stereocenters. The van der Waals surface area contributed by atoms with Gasteiger partial charge in [-0.05, 0) is 160 Å². The largest absolute Gasteiger partial charge is 0.309 e. The van der Waals surface area contributed by atoms with Crippen molar-refractivity contribution in [1.82, 2.24) is 9.13 Å². The van der Waals surface area contributed by atoms with Gasteiger partial charge in [0.25, 0.3) is 0 Å². The topological polar surface area (TPSA) is 9.86 Å². The molecule has 1 spiro atoms. The first-order chi connectivity index (χ1) is 32.7. The molecule has 0 radical (unpaired) electrons. The van der Waals surface area contributed by atoms with Gasteiger partial charge in [0, 0.05) is 38.2 Å². The van der Waals surface area contributed by atoms with Crippen molar-refractivity contribution >= 4 is 43.6 Å². The lowest BCUT2D eigenvalue weighted by Gasteiger charge is -2.61. The normalized spacial score (nSPS) is 21.4. The monoisotopic (exact) mass is 844 g/mol. The molecule has 9 aromatic carbocycles. The van der Waals surface area contributed by atoms with E-state index in [9.17, 15) is 0 Å². The summed E-state index contributed by atoms with van der Waals surface area (Å²) in [4.78, 5) is 0. The van der Waals surface area contributed by atoms with Crippen LogP contribution < -0.4 is 0 Å². The van der Waals surface area contributed by atoms with E-state index in [0.29, 0.717) is 0 Å².